The molecule has 0 fully saturated rings. The lowest BCUT2D eigenvalue weighted by atomic mass is 10.2. The van der Waals surface area contributed by atoms with Gasteiger partial charge in [-0.15, -0.1) is 11.8 Å². The normalized spacial score (nSPS) is 10.6. The van der Waals surface area contributed by atoms with Crippen LogP contribution in [-0.4, -0.2) is 9.78 Å². The van der Waals surface area contributed by atoms with Crippen molar-refractivity contribution in [1.82, 2.24) is 9.78 Å². The fourth-order valence-electron chi connectivity index (χ4n) is 2.16. The molecule has 0 atom stereocenters. The largest absolute Gasteiger partial charge is 0.275 e. The molecule has 2 aromatic carbocycles. The molecule has 3 aromatic rings. The van der Waals surface area contributed by atoms with Gasteiger partial charge >= 0.3 is 0 Å². The predicted octanol–water partition coefficient (Wildman–Crippen LogP) is 3.83. The second kappa shape index (κ2) is 6.62. The first-order chi connectivity index (χ1) is 10.8. The average Bonchev–Trinajstić information content (AvgIpc) is 2.58. The first-order valence-electron chi connectivity index (χ1n) is 7.07. The van der Waals surface area contributed by atoms with E-state index >= 15 is 0 Å². The van der Waals surface area contributed by atoms with E-state index in [2.05, 4.69) is 17.2 Å². The van der Waals surface area contributed by atoms with Crippen LogP contribution < -0.4 is 5.56 Å². The Hall–Kier alpha value is -2.33. The van der Waals surface area contributed by atoms with Crippen LogP contribution in [0.25, 0.3) is 5.69 Å². The molecule has 22 heavy (non-hydrogen) atoms. The average molecular weight is 308 g/mol. The van der Waals surface area contributed by atoms with Crippen molar-refractivity contribution in [2.45, 2.75) is 17.6 Å². The maximum absolute atomic E-state index is 12.5. The quantitative estimate of drug-likeness (QED) is 0.687. The van der Waals surface area contributed by atoms with E-state index < -0.39 is 0 Å². The van der Waals surface area contributed by atoms with Gasteiger partial charge in [0.15, 0.2) is 0 Å². The van der Waals surface area contributed by atoms with E-state index in [4.69, 9.17) is 0 Å². The van der Waals surface area contributed by atoms with Crippen molar-refractivity contribution < 1.29 is 0 Å². The molecule has 0 bridgehead atoms. The molecule has 0 unspecified atom stereocenters. The van der Waals surface area contributed by atoms with Crippen LogP contribution in [0.4, 0.5) is 0 Å². The first kappa shape index (κ1) is 14.6. The highest BCUT2D eigenvalue weighted by molar-refractivity contribution is 7.98. The highest BCUT2D eigenvalue weighted by Gasteiger charge is 2.09. The summed E-state index contributed by atoms with van der Waals surface area (Å²) in [5.41, 5.74) is 2.69. The first-order valence-corrected chi connectivity index (χ1v) is 8.05. The highest BCUT2D eigenvalue weighted by atomic mass is 32.2. The fourth-order valence-corrected chi connectivity index (χ4v) is 3.10. The van der Waals surface area contributed by atoms with Gasteiger partial charge in [0.2, 0.25) is 0 Å². The summed E-state index contributed by atoms with van der Waals surface area (Å²) >= 11 is 1.64. The summed E-state index contributed by atoms with van der Waals surface area (Å²) in [6.07, 6.45) is 1.78. The number of para-hydroxylation sites is 1. The van der Waals surface area contributed by atoms with Gasteiger partial charge in [-0.05, 0) is 24.6 Å². The van der Waals surface area contributed by atoms with Gasteiger partial charge in [0.05, 0.1) is 11.9 Å². The number of rotatable bonds is 4. The zero-order valence-corrected chi connectivity index (χ0v) is 13.1. The highest BCUT2D eigenvalue weighted by Crippen LogP contribution is 2.23. The second-order valence-electron chi connectivity index (χ2n) is 4.96. The summed E-state index contributed by atoms with van der Waals surface area (Å²) in [6.45, 7) is 1.86. The summed E-state index contributed by atoms with van der Waals surface area (Å²) in [4.78, 5) is 13.4. The lowest BCUT2D eigenvalue weighted by Crippen LogP contribution is -2.23. The third-order valence-electron chi connectivity index (χ3n) is 3.41. The maximum Gasteiger partial charge on any atom is 0.275 e. The number of benzene rings is 2. The maximum atomic E-state index is 12.5. The van der Waals surface area contributed by atoms with Gasteiger partial charge in [0.25, 0.3) is 5.56 Å². The lowest BCUT2D eigenvalue weighted by molar-refractivity contribution is 0.777. The third-order valence-corrected chi connectivity index (χ3v) is 4.61. The molecule has 0 amide bonds. The van der Waals surface area contributed by atoms with Crippen molar-refractivity contribution >= 4 is 11.8 Å². The van der Waals surface area contributed by atoms with E-state index in [1.54, 1.807) is 18.0 Å². The van der Waals surface area contributed by atoms with Crippen molar-refractivity contribution in [3.63, 3.8) is 0 Å². The number of hydrogen-bond acceptors (Lipinski definition) is 3. The Morgan fingerprint density at radius 3 is 2.32 bits per heavy atom. The van der Waals surface area contributed by atoms with Gasteiger partial charge in [-0.3, -0.25) is 4.79 Å². The zero-order valence-electron chi connectivity index (χ0n) is 12.3. The van der Waals surface area contributed by atoms with Gasteiger partial charge in [-0.2, -0.15) is 9.78 Å². The molecular formula is C18H16N2OS. The van der Waals surface area contributed by atoms with Crippen molar-refractivity contribution in [2.75, 3.05) is 0 Å². The van der Waals surface area contributed by atoms with E-state index in [9.17, 15) is 4.79 Å². The van der Waals surface area contributed by atoms with Crippen LogP contribution in [0.3, 0.4) is 0 Å². The molecule has 3 nitrogen and oxygen atoms in total. The molecule has 0 aliphatic heterocycles. The Morgan fingerprint density at radius 2 is 1.64 bits per heavy atom. The Morgan fingerprint density at radius 1 is 1.00 bits per heavy atom. The number of thioether (sulfide) groups is 1. The molecule has 0 saturated heterocycles. The zero-order chi connectivity index (χ0) is 15.4. The van der Waals surface area contributed by atoms with E-state index in [0.29, 0.717) is 0 Å². The van der Waals surface area contributed by atoms with Gasteiger partial charge in [0.1, 0.15) is 0 Å². The Labute approximate surface area is 133 Å². The third kappa shape index (κ3) is 3.12. The smallest absolute Gasteiger partial charge is 0.267 e. The van der Waals surface area contributed by atoms with Crippen molar-refractivity contribution in [1.29, 1.82) is 0 Å². The lowest BCUT2D eigenvalue weighted by Gasteiger charge is -2.09. The summed E-state index contributed by atoms with van der Waals surface area (Å²) in [5.74, 6) is 0.831. The topological polar surface area (TPSA) is 34.9 Å². The van der Waals surface area contributed by atoms with Crippen LogP contribution in [0.15, 0.2) is 76.6 Å². The van der Waals surface area contributed by atoms with E-state index in [0.717, 1.165) is 21.9 Å². The molecule has 110 valence electrons. The molecule has 0 N–H and O–H groups in total. The summed E-state index contributed by atoms with van der Waals surface area (Å²) in [7, 11) is 0. The van der Waals surface area contributed by atoms with Crippen molar-refractivity contribution in [2.24, 2.45) is 0 Å². The minimum absolute atomic E-state index is 0.0655. The van der Waals surface area contributed by atoms with Crippen molar-refractivity contribution in [3.05, 3.63) is 88.3 Å². The van der Waals surface area contributed by atoms with Crippen LogP contribution in [0.1, 0.15) is 11.1 Å². The van der Waals surface area contributed by atoms with Crippen LogP contribution >= 0.6 is 11.8 Å². The Kier molecular flexibility index (Phi) is 4.39. The fraction of sp³-hybridized carbons (Fsp3) is 0.111. The summed E-state index contributed by atoms with van der Waals surface area (Å²) in [5, 5.41) is 4.30. The predicted molar refractivity (Wildman–Crippen MR) is 90.6 cm³/mol. The number of hydrogen-bond donors (Lipinski definition) is 0. The summed E-state index contributed by atoms with van der Waals surface area (Å²) < 4.78 is 1.45. The van der Waals surface area contributed by atoms with Gasteiger partial charge < -0.3 is 0 Å². The van der Waals surface area contributed by atoms with Crippen LogP contribution in [0.2, 0.25) is 0 Å². The van der Waals surface area contributed by atoms with Gasteiger partial charge in [-0.1, -0.05) is 48.5 Å². The van der Waals surface area contributed by atoms with E-state index in [-0.39, 0.29) is 5.56 Å². The molecule has 1 heterocycles. The van der Waals surface area contributed by atoms with E-state index in [1.807, 2.05) is 55.5 Å². The Balaban J connectivity index is 1.86. The summed E-state index contributed by atoms with van der Waals surface area (Å²) in [6, 6.07) is 19.7. The SMILES string of the molecule is Cc1c(SCc2ccccc2)cnn(-c2ccccc2)c1=O. The van der Waals surface area contributed by atoms with E-state index in [1.165, 1.54) is 10.2 Å². The standard InChI is InChI=1S/C18H16N2OS/c1-14-17(22-13-15-8-4-2-5-9-15)12-19-20(18(14)21)16-10-6-3-7-11-16/h2-12H,13H2,1H3. The second-order valence-corrected chi connectivity index (χ2v) is 5.98. The molecule has 3 rings (SSSR count). The molecule has 0 aliphatic rings. The number of aromatic nitrogens is 2. The molecule has 1 aromatic heterocycles. The number of nitrogens with zero attached hydrogens (tertiary/aromatic N) is 2. The van der Waals surface area contributed by atoms with Gasteiger partial charge in [0, 0.05) is 16.2 Å². The molecule has 0 aliphatic carbocycles. The molecular weight excluding hydrogens is 292 g/mol. The molecule has 4 heteroatoms. The van der Waals surface area contributed by atoms with Gasteiger partial charge in [-0.25, -0.2) is 0 Å². The minimum Gasteiger partial charge on any atom is -0.267 e. The van der Waals surface area contributed by atoms with Crippen LogP contribution in [0, 0.1) is 6.92 Å². The molecule has 0 radical (unpaired) electrons. The molecule has 0 saturated carbocycles. The van der Waals surface area contributed by atoms with Crippen LogP contribution in [-0.2, 0) is 5.75 Å². The monoisotopic (exact) mass is 308 g/mol. The Bertz CT molecular complexity index is 813. The minimum atomic E-state index is -0.0655. The molecule has 0 spiro atoms. The van der Waals surface area contributed by atoms with Crippen LogP contribution in [0.5, 0.6) is 0 Å². The van der Waals surface area contributed by atoms with Crippen molar-refractivity contribution in [3.8, 4) is 5.69 Å².